The number of methoxy groups -OCH3 is 1. The molecule has 1 aliphatic heterocycles. The van der Waals surface area contributed by atoms with Crippen molar-refractivity contribution in [3.63, 3.8) is 0 Å². The van der Waals surface area contributed by atoms with Crippen LogP contribution in [0.25, 0.3) is 11.3 Å². The van der Waals surface area contributed by atoms with Gasteiger partial charge >= 0.3 is 0 Å². The van der Waals surface area contributed by atoms with Gasteiger partial charge in [0.25, 0.3) is 5.91 Å². The Labute approximate surface area is 193 Å². The summed E-state index contributed by atoms with van der Waals surface area (Å²) < 4.78 is 11.1. The highest BCUT2D eigenvalue weighted by atomic mass is 35.5. The molecule has 168 valence electrons. The molecule has 6 nitrogen and oxygen atoms in total. The highest BCUT2D eigenvalue weighted by Gasteiger charge is 2.41. The van der Waals surface area contributed by atoms with E-state index in [1.54, 1.807) is 7.11 Å². The second-order valence-electron chi connectivity index (χ2n) is 8.36. The van der Waals surface area contributed by atoms with Gasteiger partial charge in [0.05, 0.1) is 24.9 Å². The number of carbonyl (C=O) groups excluding carboxylic acids is 1. The Morgan fingerprint density at radius 3 is 2.47 bits per heavy atom. The fraction of sp³-hybridized carbons (Fsp3) is 0.360. The van der Waals surface area contributed by atoms with Crippen LogP contribution in [0, 0.1) is 5.92 Å². The Hall–Kier alpha value is -2.83. The second-order valence-corrected chi connectivity index (χ2v) is 8.80. The molecule has 1 atom stereocenters. The third-order valence-corrected chi connectivity index (χ3v) is 5.93. The lowest BCUT2D eigenvalue weighted by molar-refractivity contribution is 0.0677. The number of ether oxygens (including phenoxy) is 2. The SMILES string of the molecule is COCCN1C(=O)c2[nH]nc(-c3ccc(Cl)cc3)c2C1c1ccc(OCCC(C)C)cc1. The van der Waals surface area contributed by atoms with E-state index < -0.39 is 0 Å². The molecule has 1 amide bonds. The molecule has 2 aromatic carbocycles. The fourth-order valence-electron chi connectivity index (χ4n) is 3.95. The summed E-state index contributed by atoms with van der Waals surface area (Å²) in [6, 6.07) is 15.2. The van der Waals surface area contributed by atoms with Crippen LogP contribution in [0.5, 0.6) is 5.75 Å². The van der Waals surface area contributed by atoms with Crippen molar-refractivity contribution in [2.75, 3.05) is 26.9 Å². The van der Waals surface area contributed by atoms with E-state index in [4.69, 9.17) is 21.1 Å². The Bertz CT molecular complexity index is 1060. The zero-order valence-corrected chi connectivity index (χ0v) is 19.4. The van der Waals surface area contributed by atoms with E-state index in [0.717, 1.165) is 34.6 Å². The number of aromatic nitrogens is 2. The number of benzene rings is 2. The second kappa shape index (κ2) is 9.76. The van der Waals surface area contributed by atoms with Crippen LogP contribution in [0.15, 0.2) is 48.5 Å². The number of aromatic amines is 1. The predicted octanol–water partition coefficient (Wildman–Crippen LogP) is 5.35. The number of nitrogens with zero attached hydrogens (tertiary/aromatic N) is 2. The standard InChI is InChI=1S/C25H28ClN3O3/c1-16(2)12-14-32-20-10-6-18(7-11-20)24-21-22(17-4-8-19(26)9-5-17)27-28-23(21)25(30)29(24)13-15-31-3/h4-11,16,24H,12-15H2,1-3H3,(H,27,28). The average molecular weight is 454 g/mol. The topological polar surface area (TPSA) is 67.5 Å². The van der Waals surface area contributed by atoms with Crippen LogP contribution in [0.2, 0.25) is 5.02 Å². The number of rotatable bonds is 9. The lowest BCUT2D eigenvalue weighted by atomic mass is 9.96. The Morgan fingerprint density at radius 2 is 1.81 bits per heavy atom. The maximum absolute atomic E-state index is 13.2. The monoisotopic (exact) mass is 453 g/mol. The normalized spacial score (nSPS) is 15.5. The van der Waals surface area contributed by atoms with Crippen molar-refractivity contribution in [1.82, 2.24) is 15.1 Å². The van der Waals surface area contributed by atoms with Gasteiger partial charge in [0, 0.05) is 29.8 Å². The zero-order chi connectivity index (χ0) is 22.7. The van der Waals surface area contributed by atoms with Crippen molar-refractivity contribution in [3.05, 3.63) is 70.4 Å². The minimum Gasteiger partial charge on any atom is -0.494 e. The fourth-order valence-corrected chi connectivity index (χ4v) is 4.08. The molecule has 1 aromatic heterocycles. The molecule has 7 heteroatoms. The van der Waals surface area contributed by atoms with Crippen molar-refractivity contribution in [2.24, 2.45) is 5.92 Å². The van der Waals surface area contributed by atoms with Crippen LogP contribution >= 0.6 is 11.6 Å². The van der Waals surface area contributed by atoms with Crippen molar-refractivity contribution < 1.29 is 14.3 Å². The van der Waals surface area contributed by atoms with Gasteiger partial charge in [0.1, 0.15) is 11.4 Å². The van der Waals surface area contributed by atoms with E-state index in [1.807, 2.05) is 53.4 Å². The van der Waals surface area contributed by atoms with E-state index in [9.17, 15) is 4.79 Å². The Kier molecular flexibility index (Phi) is 6.82. The lowest BCUT2D eigenvalue weighted by Crippen LogP contribution is -2.32. The molecule has 0 radical (unpaired) electrons. The van der Waals surface area contributed by atoms with Crippen LogP contribution in [0.3, 0.4) is 0 Å². The minimum atomic E-state index is -0.262. The highest BCUT2D eigenvalue weighted by molar-refractivity contribution is 6.30. The first kappa shape index (κ1) is 22.4. The minimum absolute atomic E-state index is 0.0768. The first-order valence-corrected chi connectivity index (χ1v) is 11.2. The van der Waals surface area contributed by atoms with Gasteiger partial charge in [-0.2, -0.15) is 5.10 Å². The lowest BCUT2D eigenvalue weighted by Gasteiger charge is -2.26. The van der Waals surface area contributed by atoms with Crippen molar-refractivity contribution in [1.29, 1.82) is 0 Å². The summed E-state index contributed by atoms with van der Waals surface area (Å²) in [4.78, 5) is 15.0. The van der Waals surface area contributed by atoms with Crippen molar-refractivity contribution >= 4 is 17.5 Å². The Balaban J connectivity index is 1.68. The van der Waals surface area contributed by atoms with Gasteiger partial charge in [-0.15, -0.1) is 0 Å². The van der Waals surface area contributed by atoms with Crippen LogP contribution in [0.1, 0.15) is 47.9 Å². The van der Waals surface area contributed by atoms with E-state index in [1.165, 1.54) is 0 Å². The molecule has 4 rings (SSSR count). The molecule has 0 saturated carbocycles. The summed E-state index contributed by atoms with van der Waals surface area (Å²) in [5.74, 6) is 1.35. The first-order valence-electron chi connectivity index (χ1n) is 10.9. The third kappa shape index (κ3) is 4.52. The highest BCUT2D eigenvalue weighted by Crippen LogP contribution is 2.43. The zero-order valence-electron chi connectivity index (χ0n) is 18.6. The largest absolute Gasteiger partial charge is 0.494 e. The van der Waals surface area contributed by atoms with E-state index in [2.05, 4.69) is 24.0 Å². The predicted molar refractivity (Wildman–Crippen MR) is 125 cm³/mol. The molecule has 3 aromatic rings. The summed E-state index contributed by atoms with van der Waals surface area (Å²) in [5, 5.41) is 8.10. The molecule has 0 fully saturated rings. The molecule has 0 bridgehead atoms. The summed E-state index contributed by atoms with van der Waals surface area (Å²) in [6.07, 6.45) is 1.01. The molecule has 0 saturated heterocycles. The molecular formula is C25H28ClN3O3. The number of amides is 1. The quantitative estimate of drug-likeness (QED) is 0.474. The van der Waals surface area contributed by atoms with Crippen LogP contribution in [0.4, 0.5) is 0 Å². The molecule has 2 heterocycles. The summed E-state index contributed by atoms with van der Waals surface area (Å²) in [6.45, 7) is 5.98. The molecule has 1 unspecified atom stereocenters. The molecule has 32 heavy (non-hydrogen) atoms. The maximum atomic E-state index is 13.2. The van der Waals surface area contributed by atoms with Crippen LogP contribution < -0.4 is 4.74 Å². The van der Waals surface area contributed by atoms with Gasteiger partial charge in [-0.05, 0) is 42.2 Å². The first-order chi connectivity index (χ1) is 15.5. The van der Waals surface area contributed by atoms with Gasteiger partial charge in [0.15, 0.2) is 0 Å². The van der Waals surface area contributed by atoms with Crippen LogP contribution in [-0.4, -0.2) is 47.9 Å². The maximum Gasteiger partial charge on any atom is 0.273 e. The smallest absolute Gasteiger partial charge is 0.273 e. The molecule has 0 aliphatic carbocycles. The summed E-state index contributed by atoms with van der Waals surface area (Å²) >= 11 is 6.07. The third-order valence-electron chi connectivity index (χ3n) is 5.68. The number of nitrogens with one attached hydrogen (secondary N) is 1. The number of fused-ring (bicyclic) bond motifs is 1. The number of H-pyrrole nitrogens is 1. The van der Waals surface area contributed by atoms with Crippen molar-refractivity contribution in [3.8, 4) is 17.0 Å². The number of hydrogen-bond donors (Lipinski definition) is 1. The number of halogens is 1. The van der Waals surface area contributed by atoms with Gasteiger partial charge in [-0.1, -0.05) is 49.7 Å². The van der Waals surface area contributed by atoms with Crippen molar-refractivity contribution in [2.45, 2.75) is 26.3 Å². The Morgan fingerprint density at radius 1 is 1.09 bits per heavy atom. The van der Waals surface area contributed by atoms with Crippen LogP contribution in [-0.2, 0) is 4.74 Å². The number of carbonyl (C=O) groups is 1. The average Bonchev–Trinajstić information content (AvgIpc) is 3.32. The molecule has 1 N–H and O–H groups in total. The van der Waals surface area contributed by atoms with E-state index >= 15 is 0 Å². The number of hydrogen-bond acceptors (Lipinski definition) is 4. The van der Waals surface area contributed by atoms with Gasteiger partial charge in [-0.3, -0.25) is 9.89 Å². The summed E-state index contributed by atoms with van der Waals surface area (Å²) in [7, 11) is 1.64. The summed E-state index contributed by atoms with van der Waals surface area (Å²) in [5.41, 5.74) is 4.07. The van der Waals surface area contributed by atoms with Gasteiger partial charge in [-0.25, -0.2) is 0 Å². The molecular weight excluding hydrogens is 426 g/mol. The van der Waals surface area contributed by atoms with Gasteiger partial charge in [0.2, 0.25) is 0 Å². The molecule has 1 aliphatic rings. The molecule has 0 spiro atoms. The van der Waals surface area contributed by atoms with E-state index in [0.29, 0.717) is 36.4 Å². The van der Waals surface area contributed by atoms with Gasteiger partial charge < -0.3 is 14.4 Å². The van der Waals surface area contributed by atoms with E-state index in [-0.39, 0.29) is 11.9 Å².